The maximum atomic E-state index is 13.7. The maximum absolute atomic E-state index is 13.7. The van der Waals surface area contributed by atoms with Crippen molar-refractivity contribution in [1.29, 1.82) is 5.26 Å². The molecule has 0 saturated heterocycles. The van der Waals surface area contributed by atoms with Gasteiger partial charge in [-0.3, -0.25) is 9.58 Å². The molecule has 0 atom stereocenters. The summed E-state index contributed by atoms with van der Waals surface area (Å²) in [5, 5.41) is 30.2. The van der Waals surface area contributed by atoms with Gasteiger partial charge in [0.25, 0.3) is 0 Å². The minimum absolute atomic E-state index is 0.0492. The van der Waals surface area contributed by atoms with Gasteiger partial charge in [0, 0.05) is 42.3 Å². The zero-order valence-corrected chi connectivity index (χ0v) is 24.1. The number of amides is 2. The number of pyridine rings is 1. The molecule has 216 valence electrons. The Balaban J connectivity index is 1.29. The van der Waals surface area contributed by atoms with E-state index in [1.807, 2.05) is 71.8 Å². The van der Waals surface area contributed by atoms with E-state index in [4.69, 9.17) is 5.26 Å². The van der Waals surface area contributed by atoms with Crippen molar-refractivity contribution in [2.45, 2.75) is 70.3 Å². The molecule has 9 nitrogen and oxygen atoms in total. The van der Waals surface area contributed by atoms with Crippen LogP contribution in [-0.4, -0.2) is 43.6 Å². The minimum Gasteiger partial charge on any atom is -0.389 e. The number of anilines is 2. The SMILES string of the molecule is CC(C)(O)Cn1cc(-c2ccc(N(C(=O)NCc3ccccc3)[C@H]3CC[C@H](Nc4ccc(C#N)cn4)CC3)cc2)cn1. The molecule has 4 aromatic rings. The fraction of sp³-hybridized carbons (Fsp3) is 0.333. The van der Waals surface area contributed by atoms with Crippen molar-refractivity contribution < 1.29 is 9.90 Å². The number of benzene rings is 2. The van der Waals surface area contributed by atoms with Crippen LogP contribution < -0.4 is 15.5 Å². The third-order valence-electron chi connectivity index (χ3n) is 7.47. The summed E-state index contributed by atoms with van der Waals surface area (Å²) in [6.07, 6.45) is 8.78. The summed E-state index contributed by atoms with van der Waals surface area (Å²) in [4.78, 5) is 19.9. The van der Waals surface area contributed by atoms with Gasteiger partial charge >= 0.3 is 6.03 Å². The normalized spacial score (nSPS) is 16.8. The number of hydrogen-bond acceptors (Lipinski definition) is 6. The average molecular weight is 564 g/mol. The Kier molecular flexibility index (Phi) is 8.84. The highest BCUT2D eigenvalue weighted by Crippen LogP contribution is 2.31. The van der Waals surface area contributed by atoms with Gasteiger partial charge in [-0.05, 0) is 74.9 Å². The van der Waals surface area contributed by atoms with E-state index >= 15 is 0 Å². The quantitative estimate of drug-likeness (QED) is 0.239. The first-order chi connectivity index (χ1) is 20.3. The first-order valence-corrected chi connectivity index (χ1v) is 14.4. The standard InChI is InChI=1S/C33H37N7O2/c1-33(2,42)23-39-22-27(21-37-39)26-9-13-29(14-10-26)40(32(41)36-19-24-6-4-3-5-7-24)30-15-11-28(12-16-30)38-31-17-8-25(18-34)20-35-31/h3-10,13-14,17,20-22,28,30,42H,11-12,15-16,19,23H2,1-2H3,(H,35,38)(H,36,41)/t28-,30-. The number of carbonyl (C=O) groups is 1. The number of carbonyl (C=O) groups excluding carboxylic acids is 1. The summed E-state index contributed by atoms with van der Waals surface area (Å²) in [5.74, 6) is 0.761. The van der Waals surface area contributed by atoms with Gasteiger partial charge in [0.2, 0.25) is 0 Å². The Bertz CT molecular complexity index is 1500. The topological polar surface area (TPSA) is 119 Å². The summed E-state index contributed by atoms with van der Waals surface area (Å²) < 4.78 is 1.74. The fourth-order valence-corrected chi connectivity index (χ4v) is 5.40. The van der Waals surface area contributed by atoms with Crippen LogP contribution in [0.3, 0.4) is 0 Å². The van der Waals surface area contributed by atoms with Crippen molar-refractivity contribution >= 4 is 17.5 Å². The third kappa shape index (κ3) is 7.53. The first kappa shape index (κ1) is 28.8. The molecule has 42 heavy (non-hydrogen) atoms. The largest absolute Gasteiger partial charge is 0.389 e. The molecule has 0 radical (unpaired) electrons. The van der Waals surface area contributed by atoms with Crippen molar-refractivity contribution in [1.82, 2.24) is 20.1 Å². The Hall–Kier alpha value is -4.68. The van der Waals surface area contributed by atoms with Gasteiger partial charge in [-0.15, -0.1) is 0 Å². The molecule has 3 N–H and O–H groups in total. The molecule has 1 aliphatic carbocycles. The molecular formula is C33H37N7O2. The van der Waals surface area contributed by atoms with Crippen LogP contribution in [0.25, 0.3) is 11.1 Å². The lowest BCUT2D eigenvalue weighted by molar-refractivity contribution is 0.0577. The van der Waals surface area contributed by atoms with Crippen LogP contribution in [0, 0.1) is 11.3 Å². The van der Waals surface area contributed by atoms with Crippen molar-refractivity contribution in [2.24, 2.45) is 0 Å². The Morgan fingerprint density at radius 2 is 1.76 bits per heavy atom. The van der Waals surface area contributed by atoms with Gasteiger partial charge in [-0.25, -0.2) is 9.78 Å². The molecule has 1 aliphatic rings. The van der Waals surface area contributed by atoms with Crippen LogP contribution in [0.1, 0.15) is 50.7 Å². The molecule has 2 amide bonds. The smallest absolute Gasteiger partial charge is 0.322 e. The van der Waals surface area contributed by atoms with Crippen LogP contribution >= 0.6 is 0 Å². The molecule has 2 aromatic carbocycles. The zero-order valence-electron chi connectivity index (χ0n) is 24.1. The second-order valence-electron chi connectivity index (χ2n) is 11.5. The van der Waals surface area contributed by atoms with E-state index in [1.54, 1.807) is 37.0 Å². The molecule has 0 spiro atoms. The van der Waals surface area contributed by atoms with Crippen LogP contribution in [0.4, 0.5) is 16.3 Å². The highest BCUT2D eigenvalue weighted by atomic mass is 16.3. The van der Waals surface area contributed by atoms with Crippen molar-refractivity contribution in [3.63, 3.8) is 0 Å². The summed E-state index contributed by atoms with van der Waals surface area (Å²) >= 11 is 0. The lowest BCUT2D eigenvalue weighted by Gasteiger charge is -2.37. The summed E-state index contributed by atoms with van der Waals surface area (Å²) in [6, 6.07) is 23.8. The Morgan fingerprint density at radius 1 is 1.02 bits per heavy atom. The third-order valence-corrected chi connectivity index (χ3v) is 7.47. The van der Waals surface area contributed by atoms with Gasteiger partial charge in [0.05, 0.1) is 23.9 Å². The van der Waals surface area contributed by atoms with Crippen LogP contribution in [-0.2, 0) is 13.1 Å². The predicted molar refractivity (Wildman–Crippen MR) is 164 cm³/mol. The first-order valence-electron chi connectivity index (χ1n) is 14.4. The van der Waals surface area contributed by atoms with Gasteiger partial charge in [0.15, 0.2) is 0 Å². The van der Waals surface area contributed by atoms with Crippen LogP contribution in [0.2, 0.25) is 0 Å². The van der Waals surface area contributed by atoms with E-state index in [-0.39, 0.29) is 18.1 Å². The molecule has 0 aliphatic heterocycles. The van der Waals surface area contributed by atoms with E-state index < -0.39 is 5.60 Å². The molecule has 0 unspecified atom stereocenters. The van der Waals surface area contributed by atoms with Crippen molar-refractivity contribution in [3.8, 4) is 17.2 Å². The summed E-state index contributed by atoms with van der Waals surface area (Å²) in [6.45, 7) is 4.37. The minimum atomic E-state index is -0.853. The number of hydrogen-bond donors (Lipinski definition) is 3. The average Bonchev–Trinajstić information content (AvgIpc) is 3.45. The lowest BCUT2D eigenvalue weighted by atomic mass is 9.89. The molecule has 9 heteroatoms. The van der Waals surface area contributed by atoms with Gasteiger partial charge in [0.1, 0.15) is 11.9 Å². The molecule has 0 bridgehead atoms. The summed E-state index contributed by atoms with van der Waals surface area (Å²) in [5.41, 5.74) is 3.52. The highest BCUT2D eigenvalue weighted by molar-refractivity contribution is 5.93. The Labute approximate surface area is 246 Å². The summed E-state index contributed by atoms with van der Waals surface area (Å²) in [7, 11) is 0. The highest BCUT2D eigenvalue weighted by Gasteiger charge is 2.30. The molecule has 1 fully saturated rings. The number of nitriles is 1. The fourth-order valence-electron chi connectivity index (χ4n) is 5.40. The number of aromatic nitrogens is 3. The number of nitrogens with zero attached hydrogens (tertiary/aromatic N) is 5. The Morgan fingerprint density at radius 3 is 2.40 bits per heavy atom. The predicted octanol–water partition coefficient (Wildman–Crippen LogP) is 5.73. The van der Waals surface area contributed by atoms with Crippen LogP contribution in [0.5, 0.6) is 0 Å². The van der Waals surface area contributed by atoms with Gasteiger partial charge < -0.3 is 15.7 Å². The van der Waals surface area contributed by atoms with Crippen molar-refractivity contribution in [3.05, 3.63) is 96.4 Å². The van der Waals surface area contributed by atoms with Crippen molar-refractivity contribution in [2.75, 3.05) is 10.2 Å². The number of rotatable bonds is 9. The van der Waals surface area contributed by atoms with E-state index in [0.29, 0.717) is 18.7 Å². The van der Waals surface area contributed by atoms with Crippen LogP contribution in [0.15, 0.2) is 85.3 Å². The van der Waals surface area contributed by atoms with E-state index in [0.717, 1.165) is 53.9 Å². The zero-order chi connectivity index (χ0) is 29.5. The van der Waals surface area contributed by atoms with Gasteiger partial charge in [-0.1, -0.05) is 42.5 Å². The maximum Gasteiger partial charge on any atom is 0.322 e. The van der Waals surface area contributed by atoms with Gasteiger partial charge in [-0.2, -0.15) is 10.4 Å². The molecule has 1 saturated carbocycles. The molecular weight excluding hydrogens is 526 g/mol. The van der Waals surface area contributed by atoms with E-state index in [9.17, 15) is 9.90 Å². The monoisotopic (exact) mass is 563 g/mol. The number of urea groups is 1. The second kappa shape index (κ2) is 12.9. The van der Waals surface area contributed by atoms with E-state index in [1.165, 1.54) is 0 Å². The number of nitrogens with one attached hydrogen (secondary N) is 2. The lowest BCUT2D eigenvalue weighted by Crippen LogP contribution is -2.48. The number of aliphatic hydroxyl groups is 1. The second-order valence-corrected chi connectivity index (χ2v) is 11.5. The molecule has 2 heterocycles. The molecule has 2 aromatic heterocycles. The molecule has 5 rings (SSSR count). The van der Waals surface area contributed by atoms with E-state index in [2.05, 4.69) is 26.8 Å².